The molecule has 0 fully saturated rings. The predicted molar refractivity (Wildman–Crippen MR) is 129 cm³/mol. The molecule has 33 heavy (non-hydrogen) atoms. The van der Waals surface area contributed by atoms with Gasteiger partial charge in [-0.25, -0.2) is 0 Å². The number of benzene rings is 3. The Morgan fingerprint density at radius 2 is 1.82 bits per heavy atom. The van der Waals surface area contributed by atoms with Crippen LogP contribution in [0, 0.1) is 11.3 Å². The van der Waals surface area contributed by atoms with Crippen LogP contribution in [0.1, 0.15) is 17.0 Å². The molecule has 1 N–H and O–H groups in total. The van der Waals surface area contributed by atoms with E-state index in [4.69, 9.17) is 27.6 Å². The molecular formula is C24H16Cl2N4O2S. The zero-order valence-corrected chi connectivity index (χ0v) is 19.4. The predicted octanol–water partition coefficient (Wildman–Crippen LogP) is 6.43. The first-order valence-electron chi connectivity index (χ1n) is 9.79. The molecule has 0 aliphatic rings. The lowest BCUT2D eigenvalue weighted by molar-refractivity contribution is -0.113. The largest absolute Gasteiger partial charge is 0.411 e. The monoisotopic (exact) mass is 494 g/mol. The Hall–Kier alpha value is -3.31. The summed E-state index contributed by atoms with van der Waals surface area (Å²) in [5.41, 5.74) is 2.81. The highest BCUT2D eigenvalue weighted by Crippen LogP contribution is 2.32. The topological polar surface area (TPSA) is 91.8 Å². The van der Waals surface area contributed by atoms with Gasteiger partial charge in [0, 0.05) is 21.3 Å². The van der Waals surface area contributed by atoms with E-state index in [1.165, 1.54) is 0 Å². The fourth-order valence-corrected chi connectivity index (χ4v) is 4.09. The van der Waals surface area contributed by atoms with Crippen LogP contribution in [-0.2, 0) is 4.79 Å². The number of nitrogens with zero attached hydrogens (tertiary/aromatic N) is 3. The summed E-state index contributed by atoms with van der Waals surface area (Å²) in [6.45, 7) is 0. The number of hydrogen-bond acceptors (Lipinski definition) is 6. The average Bonchev–Trinajstić information content (AvgIpc) is 3.30. The first-order chi connectivity index (χ1) is 16.0. The van der Waals surface area contributed by atoms with E-state index in [2.05, 4.69) is 21.6 Å². The third kappa shape index (κ3) is 5.74. The van der Waals surface area contributed by atoms with E-state index in [9.17, 15) is 10.1 Å². The molecule has 0 aliphatic carbocycles. The van der Waals surface area contributed by atoms with Crippen molar-refractivity contribution < 1.29 is 9.21 Å². The maximum Gasteiger partial charge on any atom is 0.277 e. The van der Waals surface area contributed by atoms with Crippen molar-refractivity contribution in [1.82, 2.24) is 10.2 Å². The lowest BCUT2D eigenvalue weighted by Crippen LogP contribution is -2.14. The highest BCUT2D eigenvalue weighted by molar-refractivity contribution is 7.99. The minimum absolute atomic E-state index is 0.0759. The Labute approximate surface area is 204 Å². The summed E-state index contributed by atoms with van der Waals surface area (Å²) in [6.07, 6.45) is 0. The maximum atomic E-state index is 12.4. The molecular weight excluding hydrogens is 479 g/mol. The van der Waals surface area contributed by atoms with Crippen LogP contribution in [0.3, 0.4) is 0 Å². The van der Waals surface area contributed by atoms with Crippen molar-refractivity contribution in [2.24, 2.45) is 0 Å². The van der Waals surface area contributed by atoms with Gasteiger partial charge in [-0.2, -0.15) is 5.26 Å². The van der Waals surface area contributed by atoms with Crippen LogP contribution in [0.4, 0.5) is 5.69 Å². The highest BCUT2D eigenvalue weighted by Gasteiger charge is 2.17. The molecule has 164 valence electrons. The number of aromatic nitrogens is 2. The minimum Gasteiger partial charge on any atom is -0.411 e. The van der Waals surface area contributed by atoms with Crippen molar-refractivity contribution in [3.8, 4) is 17.5 Å². The SMILES string of the molecule is N#CC(c1ccccc1)c1ccc(NC(=O)CSc2nnc(-c3ccc(Cl)cc3)o2)cc1Cl. The van der Waals surface area contributed by atoms with Crippen molar-refractivity contribution in [2.75, 3.05) is 11.1 Å². The molecule has 0 saturated carbocycles. The van der Waals surface area contributed by atoms with Gasteiger partial charge in [-0.3, -0.25) is 4.79 Å². The van der Waals surface area contributed by atoms with E-state index in [1.54, 1.807) is 42.5 Å². The van der Waals surface area contributed by atoms with Crippen LogP contribution >= 0.6 is 35.0 Å². The summed E-state index contributed by atoms with van der Waals surface area (Å²) in [5.74, 6) is -0.323. The number of anilines is 1. The molecule has 9 heteroatoms. The summed E-state index contributed by atoms with van der Waals surface area (Å²) >= 11 is 13.4. The average molecular weight is 495 g/mol. The van der Waals surface area contributed by atoms with E-state index in [1.807, 2.05) is 30.3 Å². The Morgan fingerprint density at radius 1 is 1.06 bits per heavy atom. The van der Waals surface area contributed by atoms with Crippen molar-refractivity contribution in [3.63, 3.8) is 0 Å². The fraction of sp³-hybridized carbons (Fsp3) is 0.0833. The van der Waals surface area contributed by atoms with E-state index >= 15 is 0 Å². The zero-order valence-electron chi connectivity index (χ0n) is 17.0. The molecule has 1 heterocycles. The number of rotatable bonds is 7. The molecule has 4 aromatic rings. The van der Waals surface area contributed by atoms with Gasteiger partial charge in [-0.15, -0.1) is 10.2 Å². The van der Waals surface area contributed by atoms with Gasteiger partial charge in [0.2, 0.25) is 11.8 Å². The summed E-state index contributed by atoms with van der Waals surface area (Å²) in [6, 6.07) is 23.8. The third-order valence-electron chi connectivity index (χ3n) is 4.68. The molecule has 6 nitrogen and oxygen atoms in total. The summed E-state index contributed by atoms with van der Waals surface area (Å²) in [7, 11) is 0. The van der Waals surface area contributed by atoms with Gasteiger partial charge in [0.1, 0.15) is 0 Å². The smallest absolute Gasteiger partial charge is 0.277 e. The number of nitriles is 1. The van der Waals surface area contributed by atoms with E-state index in [0.29, 0.717) is 27.2 Å². The summed E-state index contributed by atoms with van der Waals surface area (Å²) in [5, 5.41) is 21.7. The molecule has 0 bridgehead atoms. The van der Waals surface area contributed by atoms with Crippen molar-refractivity contribution in [1.29, 1.82) is 5.26 Å². The lowest BCUT2D eigenvalue weighted by atomic mass is 9.92. The number of hydrogen-bond donors (Lipinski definition) is 1. The molecule has 1 aromatic heterocycles. The van der Waals surface area contributed by atoms with Crippen LogP contribution < -0.4 is 5.32 Å². The summed E-state index contributed by atoms with van der Waals surface area (Å²) < 4.78 is 5.59. The second-order valence-corrected chi connectivity index (χ2v) is 8.70. The van der Waals surface area contributed by atoms with E-state index in [-0.39, 0.29) is 16.9 Å². The molecule has 1 amide bonds. The maximum absolute atomic E-state index is 12.4. The number of carbonyl (C=O) groups excluding carboxylic acids is 1. The Morgan fingerprint density at radius 3 is 2.52 bits per heavy atom. The van der Waals surface area contributed by atoms with Gasteiger partial charge in [0.25, 0.3) is 5.22 Å². The number of nitrogens with one attached hydrogen (secondary N) is 1. The van der Waals surface area contributed by atoms with Crippen LogP contribution in [0.5, 0.6) is 0 Å². The van der Waals surface area contributed by atoms with Gasteiger partial charge in [-0.1, -0.05) is 71.4 Å². The van der Waals surface area contributed by atoms with Crippen LogP contribution in [-0.4, -0.2) is 21.9 Å². The second-order valence-electron chi connectivity index (χ2n) is 6.93. The third-order valence-corrected chi connectivity index (χ3v) is 6.08. The summed E-state index contributed by atoms with van der Waals surface area (Å²) in [4.78, 5) is 12.4. The van der Waals surface area contributed by atoms with Crippen molar-refractivity contribution in [3.05, 3.63) is 94.0 Å². The van der Waals surface area contributed by atoms with E-state index in [0.717, 1.165) is 22.9 Å². The molecule has 0 radical (unpaired) electrons. The first-order valence-corrected chi connectivity index (χ1v) is 11.5. The standard InChI is InChI=1S/C24H16Cl2N4O2S/c25-17-8-6-16(7-9-17)23-29-30-24(32-23)33-14-22(31)28-18-10-11-19(21(26)12-18)20(13-27)15-4-2-1-3-5-15/h1-12,20H,14H2,(H,28,31). The minimum atomic E-state index is -0.494. The lowest BCUT2D eigenvalue weighted by Gasteiger charge is -2.13. The van der Waals surface area contributed by atoms with Gasteiger partial charge >= 0.3 is 0 Å². The quantitative estimate of drug-likeness (QED) is 0.297. The van der Waals surface area contributed by atoms with Crippen molar-refractivity contribution in [2.45, 2.75) is 11.1 Å². The molecule has 0 saturated heterocycles. The molecule has 0 spiro atoms. The van der Waals surface area contributed by atoms with Gasteiger partial charge in [-0.05, 0) is 47.5 Å². The van der Waals surface area contributed by atoms with E-state index < -0.39 is 5.92 Å². The van der Waals surface area contributed by atoms with Gasteiger partial charge < -0.3 is 9.73 Å². The van der Waals surface area contributed by atoms with Crippen LogP contribution in [0.2, 0.25) is 10.0 Å². The molecule has 4 rings (SSSR count). The van der Waals surface area contributed by atoms with Crippen LogP contribution in [0.25, 0.3) is 11.5 Å². The number of thioether (sulfide) groups is 1. The fourth-order valence-electron chi connectivity index (χ4n) is 3.11. The first kappa shape index (κ1) is 22.9. The second kappa shape index (κ2) is 10.5. The van der Waals surface area contributed by atoms with Gasteiger partial charge in [0.15, 0.2) is 0 Å². The molecule has 3 aromatic carbocycles. The zero-order chi connectivity index (χ0) is 23.2. The number of halogens is 2. The Bertz CT molecular complexity index is 1300. The number of carbonyl (C=O) groups is 1. The highest BCUT2D eigenvalue weighted by atomic mass is 35.5. The van der Waals surface area contributed by atoms with Crippen LogP contribution in [0.15, 0.2) is 82.4 Å². The molecule has 1 atom stereocenters. The Kier molecular flexibility index (Phi) is 7.30. The van der Waals surface area contributed by atoms with Crippen molar-refractivity contribution >= 4 is 46.6 Å². The Balaban J connectivity index is 1.37. The van der Waals surface area contributed by atoms with Gasteiger partial charge in [0.05, 0.1) is 17.7 Å². The molecule has 0 aliphatic heterocycles. The normalized spacial score (nSPS) is 11.5. The number of amides is 1. The molecule has 1 unspecified atom stereocenters.